The summed E-state index contributed by atoms with van der Waals surface area (Å²) >= 11 is 6.29. The number of carboxylic acid groups (broad SMARTS) is 1. The number of para-hydroxylation sites is 1. The Morgan fingerprint density at radius 2 is 1.87 bits per heavy atom. The Bertz CT molecular complexity index is 1110. The number of fused-ring (bicyclic) bond motifs is 2. The summed E-state index contributed by atoms with van der Waals surface area (Å²) in [6.07, 6.45) is -5.08. The summed E-state index contributed by atoms with van der Waals surface area (Å²) in [5, 5.41) is 12.1. The Balaban J connectivity index is 0.000000339. The molecule has 0 saturated carbocycles. The number of anilines is 2. The number of alkyl halides is 3. The van der Waals surface area contributed by atoms with E-state index in [2.05, 4.69) is 10.3 Å². The van der Waals surface area contributed by atoms with Gasteiger partial charge in [0.2, 0.25) is 0 Å². The number of nitrogens with one attached hydrogen (secondary N) is 1. The summed E-state index contributed by atoms with van der Waals surface area (Å²) in [6.45, 7) is 1.64. The zero-order chi connectivity index (χ0) is 22.6. The fraction of sp³-hybridized carbons (Fsp3) is 0.200. The van der Waals surface area contributed by atoms with E-state index in [1.165, 1.54) is 0 Å². The van der Waals surface area contributed by atoms with Gasteiger partial charge in [-0.3, -0.25) is 0 Å². The molecule has 0 fully saturated rings. The molecule has 4 rings (SSSR count). The maximum absolute atomic E-state index is 10.6. The zero-order valence-corrected chi connectivity index (χ0v) is 16.6. The number of carboxylic acids is 1. The third-order valence-corrected chi connectivity index (χ3v) is 4.40. The number of pyridine rings is 1. The summed E-state index contributed by atoms with van der Waals surface area (Å²) in [6, 6.07) is 13.5. The Labute approximate surface area is 179 Å². The maximum atomic E-state index is 10.6. The standard InChI is InChI=1S/C18H16ClN3O2.C2HF3O2/c19-13-7-11(8-16-18(13)24-6-5-23-16)10-21-15-9-17(20)22-14-4-2-1-3-12(14)15;3-2(4,5)1(6)7/h1-4,7-9H,5-6,10H2,(H3,20,21,22);(H,6,7). The Hall–Kier alpha value is -3.40. The van der Waals surface area contributed by atoms with Crippen molar-refractivity contribution in [3.05, 3.63) is 53.1 Å². The topological polar surface area (TPSA) is 107 Å². The molecule has 7 nitrogen and oxygen atoms in total. The number of nitrogens with two attached hydrogens (primary N) is 1. The van der Waals surface area contributed by atoms with Gasteiger partial charge in [-0.2, -0.15) is 13.2 Å². The minimum absolute atomic E-state index is 0.483. The molecule has 1 aliphatic heterocycles. The molecule has 11 heteroatoms. The molecule has 0 unspecified atom stereocenters. The third-order valence-electron chi connectivity index (χ3n) is 4.12. The van der Waals surface area contributed by atoms with Gasteiger partial charge in [0.05, 0.1) is 10.5 Å². The molecular formula is C20H17ClF3N3O4. The van der Waals surface area contributed by atoms with Gasteiger partial charge < -0.3 is 25.6 Å². The lowest BCUT2D eigenvalue weighted by atomic mass is 10.1. The predicted octanol–water partition coefficient (Wildman–Crippen LogP) is 4.49. The van der Waals surface area contributed by atoms with Crippen molar-refractivity contribution in [3.8, 4) is 11.5 Å². The number of hydrogen-bond donors (Lipinski definition) is 3. The van der Waals surface area contributed by atoms with E-state index >= 15 is 0 Å². The second-order valence-corrected chi connectivity index (χ2v) is 6.78. The molecule has 2 heterocycles. The van der Waals surface area contributed by atoms with E-state index in [9.17, 15) is 13.2 Å². The predicted molar refractivity (Wildman–Crippen MR) is 110 cm³/mol. The van der Waals surface area contributed by atoms with Gasteiger partial charge in [-0.15, -0.1) is 0 Å². The van der Waals surface area contributed by atoms with Crippen LogP contribution in [0.3, 0.4) is 0 Å². The van der Waals surface area contributed by atoms with E-state index in [0.29, 0.717) is 42.1 Å². The number of halogens is 4. The van der Waals surface area contributed by atoms with E-state index in [-0.39, 0.29) is 0 Å². The molecule has 1 aromatic heterocycles. The van der Waals surface area contributed by atoms with Crippen molar-refractivity contribution in [2.24, 2.45) is 0 Å². The largest absolute Gasteiger partial charge is 0.490 e. The Morgan fingerprint density at radius 3 is 2.58 bits per heavy atom. The number of hydrogen-bond acceptors (Lipinski definition) is 6. The highest BCUT2D eigenvalue weighted by molar-refractivity contribution is 6.32. The summed E-state index contributed by atoms with van der Waals surface area (Å²) in [5.74, 6) is -0.973. The molecule has 164 valence electrons. The van der Waals surface area contributed by atoms with Gasteiger partial charge in [0.15, 0.2) is 11.5 Å². The first-order valence-electron chi connectivity index (χ1n) is 8.92. The molecule has 4 N–H and O–H groups in total. The molecule has 0 radical (unpaired) electrons. The molecule has 0 atom stereocenters. The summed E-state index contributed by atoms with van der Waals surface area (Å²) in [5.41, 5.74) is 8.70. The number of nitrogen functional groups attached to an aromatic ring is 1. The smallest absolute Gasteiger partial charge is 0.486 e. The molecule has 0 amide bonds. The van der Waals surface area contributed by atoms with Crippen molar-refractivity contribution in [1.82, 2.24) is 4.98 Å². The van der Waals surface area contributed by atoms with Crippen LogP contribution in [0, 0.1) is 0 Å². The number of ether oxygens (including phenoxy) is 2. The highest BCUT2D eigenvalue weighted by atomic mass is 35.5. The second-order valence-electron chi connectivity index (χ2n) is 6.37. The highest BCUT2D eigenvalue weighted by Crippen LogP contribution is 2.38. The third kappa shape index (κ3) is 5.60. The van der Waals surface area contributed by atoms with E-state index in [0.717, 1.165) is 22.2 Å². The molecule has 31 heavy (non-hydrogen) atoms. The number of nitrogens with zero attached hydrogens (tertiary/aromatic N) is 1. The van der Waals surface area contributed by atoms with Crippen LogP contribution >= 0.6 is 11.6 Å². The van der Waals surface area contributed by atoms with E-state index in [4.69, 9.17) is 36.7 Å². The molecule has 1 aliphatic rings. The van der Waals surface area contributed by atoms with Gasteiger partial charge in [-0.05, 0) is 23.8 Å². The lowest BCUT2D eigenvalue weighted by Crippen LogP contribution is -2.21. The van der Waals surface area contributed by atoms with Gasteiger partial charge in [0.25, 0.3) is 0 Å². The van der Waals surface area contributed by atoms with Gasteiger partial charge in [0.1, 0.15) is 19.0 Å². The summed E-state index contributed by atoms with van der Waals surface area (Å²) in [4.78, 5) is 13.2. The number of aliphatic carboxylic acids is 1. The maximum Gasteiger partial charge on any atom is 0.490 e. The monoisotopic (exact) mass is 455 g/mol. The Morgan fingerprint density at radius 1 is 1.19 bits per heavy atom. The molecular weight excluding hydrogens is 439 g/mol. The van der Waals surface area contributed by atoms with Crippen molar-refractivity contribution in [3.63, 3.8) is 0 Å². The van der Waals surface area contributed by atoms with Crippen LogP contribution in [0.25, 0.3) is 10.9 Å². The van der Waals surface area contributed by atoms with Crippen molar-refractivity contribution >= 4 is 40.0 Å². The number of benzene rings is 2. The van der Waals surface area contributed by atoms with Gasteiger partial charge in [-0.1, -0.05) is 29.8 Å². The fourth-order valence-electron chi connectivity index (χ4n) is 2.81. The molecule has 2 aromatic carbocycles. The van der Waals surface area contributed by atoms with Crippen LogP contribution in [0.2, 0.25) is 5.02 Å². The van der Waals surface area contributed by atoms with E-state index < -0.39 is 12.1 Å². The average molecular weight is 456 g/mol. The molecule has 0 saturated heterocycles. The first-order chi connectivity index (χ1) is 14.6. The van der Waals surface area contributed by atoms with Crippen LogP contribution in [0.5, 0.6) is 11.5 Å². The lowest BCUT2D eigenvalue weighted by molar-refractivity contribution is -0.192. The van der Waals surface area contributed by atoms with E-state index in [1.54, 1.807) is 0 Å². The van der Waals surface area contributed by atoms with Crippen LogP contribution in [0.15, 0.2) is 42.5 Å². The van der Waals surface area contributed by atoms with Crippen molar-refractivity contribution in [2.45, 2.75) is 12.7 Å². The number of aromatic nitrogens is 1. The normalized spacial score (nSPS) is 12.6. The SMILES string of the molecule is Nc1cc(NCc2cc(Cl)c3c(c2)OCCO3)c2ccccc2n1.O=C(O)C(F)(F)F. The quantitative estimate of drug-likeness (QED) is 0.534. The second kappa shape index (κ2) is 9.17. The van der Waals surface area contributed by atoms with Gasteiger partial charge in [-0.25, -0.2) is 9.78 Å². The van der Waals surface area contributed by atoms with Crippen molar-refractivity contribution < 1.29 is 32.5 Å². The fourth-order valence-corrected chi connectivity index (χ4v) is 3.09. The van der Waals surface area contributed by atoms with Crippen LogP contribution in [-0.4, -0.2) is 35.4 Å². The van der Waals surface area contributed by atoms with Gasteiger partial charge >= 0.3 is 12.1 Å². The number of rotatable bonds is 3. The zero-order valence-electron chi connectivity index (χ0n) is 15.9. The minimum Gasteiger partial charge on any atom is -0.486 e. The summed E-state index contributed by atoms with van der Waals surface area (Å²) in [7, 11) is 0. The molecule has 0 bridgehead atoms. The van der Waals surface area contributed by atoms with Crippen molar-refractivity contribution in [2.75, 3.05) is 24.3 Å². The first kappa shape index (κ1) is 22.3. The molecule has 0 aliphatic carbocycles. The lowest BCUT2D eigenvalue weighted by Gasteiger charge is -2.20. The van der Waals surface area contributed by atoms with Gasteiger partial charge in [0, 0.05) is 23.7 Å². The first-order valence-corrected chi connectivity index (χ1v) is 9.30. The van der Waals surface area contributed by atoms with Crippen LogP contribution in [0.4, 0.5) is 24.7 Å². The van der Waals surface area contributed by atoms with E-state index in [1.807, 2.05) is 42.5 Å². The molecule has 0 spiro atoms. The number of carbonyl (C=O) groups is 1. The van der Waals surface area contributed by atoms with Crippen LogP contribution in [-0.2, 0) is 11.3 Å². The summed E-state index contributed by atoms with van der Waals surface area (Å²) < 4.78 is 42.9. The van der Waals surface area contributed by atoms with Crippen LogP contribution < -0.4 is 20.5 Å². The Kier molecular flexibility index (Phi) is 6.59. The molecule has 3 aromatic rings. The minimum atomic E-state index is -5.08. The highest BCUT2D eigenvalue weighted by Gasteiger charge is 2.38. The van der Waals surface area contributed by atoms with Crippen LogP contribution in [0.1, 0.15) is 5.56 Å². The van der Waals surface area contributed by atoms with Crippen molar-refractivity contribution in [1.29, 1.82) is 0 Å². The average Bonchev–Trinajstić information content (AvgIpc) is 2.71.